The van der Waals surface area contributed by atoms with E-state index in [4.69, 9.17) is 4.74 Å². The molecular weight excluding hydrogens is 240 g/mol. The summed E-state index contributed by atoms with van der Waals surface area (Å²) in [6.07, 6.45) is 3.19. The van der Waals surface area contributed by atoms with E-state index in [0.29, 0.717) is 5.56 Å². The van der Waals surface area contributed by atoms with Gasteiger partial charge in [0.2, 0.25) is 0 Å². The van der Waals surface area contributed by atoms with Gasteiger partial charge in [0.1, 0.15) is 5.75 Å². The van der Waals surface area contributed by atoms with Crippen LogP contribution in [0.15, 0.2) is 48.8 Å². The molecule has 0 saturated heterocycles. The Hall–Kier alpha value is -2.36. The summed E-state index contributed by atoms with van der Waals surface area (Å²) < 4.78 is 5.17. The van der Waals surface area contributed by atoms with E-state index in [-0.39, 0.29) is 11.9 Å². The van der Waals surface area contributed by atoms with Crippen LogP contribution >= 0.6 is 0 Å². The molecule has 1 aromatic heterocycles. The van der Waals surface area contributed by atoms with E-state index in [2.05, 4.69) is 10.3 Å². The number of rotatable bonds is 4. The van der Waals surface area contributed by atoms with Crippen molar-refractivity contribution >= 4 is 5.91 Å². The molecule has 1 N–H and O–H groups in total. The molecule has 0 unspecified atom stereocenters. The molecule has 2 rings (SSSR count). The number of amides is 1. The number of carbonyl (C=O) groups excluding carboxylic acids is 1. The summed E-state index contributed by atoms with van der Waals surface area (Å²) in [6.45, 7) is 1.93. The van der Waals surface area contributed by atoms with Crippen molar-refractivity contribution in [2.24, 2.45) is 0 Å². The van der Waals surface area contributed by atoms with Gasteiger partial charge >= 0.3 is 0 Å². The zero-order chi connectivity index (χ0) is 13.7. The number of nitrogens with one attached hydrogen (secondary N) is 1. The summed E-state index contributed by atoms with van der Waals surface area (Å²) in [5.41, 5.74) is 1.55. The highest BCUT2D eigenvalue weighted by atomic mass is 16.5. The molecule has 4 heteroatoms. The third-order valence-corrected chi connectivity index (χ3v) is 2.87. The number of carbonyl (C=O) groups is 1. The van der Waals surface area contributed by atoms with Gasteiger partial charge < -0.3 is 10.1 Å². The lowest BCUT2D eigenvalue weighted by molar-refractivity contribution is 0.0939. The van der Waals surface area contributed by atoms with E-state index >= 15 is 0 Å². The molecule has 1 aromatic carbocycles. The van der Waals surface area contributed by atoms with Crippen molar-refractivity contribution in [2.45, 2.75) is 13.0 Å². The molecule has 98 valence electrons. The van der Waals surface area contributed by atoms with E-state index in [0.717, 1.165) is 11.3 Å². The maximum atomic E-state index is 12.0. The van der Waals surface area contributed by atoms with Gasteiger partial charge in [-0.2, -0.15) is 0 Å². The van der Waals surface area contributed by atoms with E-state index in [1.54, 1.807) is 31.6 Å². The molecule has 0 spiro atoms. The molecule has 0 fully saturated rings. The Labute approximate surface area is 112 Å². The highest BCUT2D eigenvalue weighted by Crippen LogP contribution is 2.19. The van der Waals surface area contributed by atoms with Gasteiger partial charge in [-0.1, -0.05) is 12.1 Å². The molecule has 1 atom stereocenters. The first-order chi connectivity index (χ1) is 9.20. The van der Waals surface area contributed by atoms with Crippen LogP contribution in [0.4, 0.5) is 0 Å². The summed E-state index contributed by atoms with van der Waals surface area (Å²) >= 11 is 0. The molecule has 2 aromatic rings. The van der Waals surface area contributed by atoms with Crippen LogP contribution in [0.3, 0.4) is 0 Å². The molecular formula is C15H16N2O2. The highest BCUT2D eigenvalue weighted by molar-refractivity contribution is 5.94. The number of ether oxygens (including phenoxy) is 1. The third-order valence-electron chi connectivity index (χ3n) is 2.87. The van der Waals surface area contributed by atoms with E-state index in [1.165, 1.54) is 0 Å². The Morgan fingerprint density at radius 1 is 1.32 bits per heavy atom. The number of methoxy groups -OCH3 is 1. The van der Waals surface area contributed by atoms with Crippen LogP contribution in [0.1, 0.15) is 28.9 Å². The van der Waals surface area contributed by atoms with Crippen LogP contribution in [0, 0.1) is 0 Å². The first-order valence-electron chi connectivity index (χ1n) is 6.05. The van der Waals surface area contributed by atoms with Crippen LogP contribution in [-0.2, 0) is 0 Å². The second kappa shape index (κ2) is 6.00. The predicted octanol–water partition coefficient (Wildman–Crippen LogP) is 2.58. The monoisotopic (exact) mass is 256 g/mol. The topological polar surface area (TPSA) is 51.2 Å². The fourth-order valence-electron chi connectivity index (χ4n) is 1.77. The summed E-state index contributed by atoms with van der Waals surface area (Å²) in [4.78, 5) is 15.9. The van der Waals surface area contributed by atoms with Gasteiger partial charge in [-0.25, -0.2) is 0 Å². The molecule has 0 radical (unpaired) electrons. The van der Waals surface area contributed by atoms with Crippen molar-refractivity contribution < 1.29 is 9.53 Å². The minimum absolute atomic E-state index is 0.0946. The molecule has 0 aliphatic heterocycles. The Morgan fingerprint density at radius 3 is 2.84 bits per heavy atom. The highest BCUT2D eigenvalue weighted by Gasteiger charge is 2.11. The van der Waals surface area contributed by atoms with Gasteiger partial charge in [-0.05, 0) is 36.8 Å². The van der Waals surface area contributed by atoms with Crippen LogP contribution < -0.4 is 10.1 Å². The first kappa shape index (κ1) is 13.1. The minimum Gasteiger partial charge on any atom is -0.497 e. The third kappa shape index (κ3) is 3.31. The minimum atomic E-state index is -0.136. The number of benzene rings is 1. The molecule has 0 saturated carbocycles. The van der Waals surface area contributed by atoms with Gasteiger partial charge in [0.15, 0.2) is 0 Å². The zero-order valence-corrected chi connectivity index (χ0v) is 11.0. The molecule has 4 nitrogen and oxygen atoms in total. The van der Waals surface area contributed by atoms with E-state index in [9.17, 15) is 4.79 Å². The lowest BCUT2D eigenvalue weighted by atomic mass is 10.1. The molecule has 1 heterocycles. The lowest BCUT2D eigenvalue weighted by Gasteiger charge is -2.15. The number of hydrogen-bond donors (Lipinski definition) is 1. The van der Waals surface area contributed by atoms with Crippen molar-refractivity contribution in [1.82, 2.24) is 10.3 Å². The van der Waals surface area contributed by atoms with Crippen molar-refractivity contribution in [3.8, 4) is 5.75 Å². The fraction of sp³-hybridized carbons (Fsp3) is 0.200. The van der Waals surface area contributed by atoms with E-state index in [1.807, 2.05) is 31.2 Å². The number of pyridine rings is 1. The van der Waals surface area contributed by atoms with Crippen LogP contribution in [0.5, 0.6) is 5.75 Å². The van der Waals surface area contributed by atoms with Crippen LogP contribution in [0.25, 0.3) is 0 Å². The van der Waals surface area contributed by atoms with Gasteiger partial charge in [0.25, 0.3) is 5.91 Å². The second-order valence-electron chi connectivity index (χ2n) is 4.21. The van der Waals surface area contributed by atoms with Gasteiger partial charge in [-0.3, -0.25) is 9.78 Å². The lowest BCUT2D eigenvalue weighted by Crippen LogP contribution is -2.26. The van der Waals surface area contributed by atoms with Gasteiger partial charge in [0, 0.05) is 12.4 Å². The van der Waals surface area contributed by atoms with Crippen molar-refractivity contribution in [3.05, 3.63) is 59.9 Å². The number of aromatic nitrogens is 1. The van der Waals surface area contributed by atoms with Crippen LogP contribution in [0.2, 0.25) is 0 Å². The Morgan fingerprint density at radius 2 is 2.16 bits per heavy atom. The van der Waals surface area contributed by atoms with Crippen LogP contribution in [-0.4, -0.2) is 18.0 Å². The average molecular weight is 256 g/mol. The summed E-state index contributed by atoms with van der Waals surface area (Å²) in [7, 11) is 1.62. The first-order valence-corrected chi connectivity index (χ1v) is 6.05. The Kier molecular flexibility index (Phi) is 4.13. The second-order valence-corrected chi connectivity index (χ2v) is 4.21. The van der Waals surface area contributed by atoms with Crippen molar-refractivity contribution in [3.63, 3.8) is 0 Å². The Bertz CT molecular complexity index is 555. The average Bonchev–Trinajstić information content (AvgIpc) is 2.48. The number of hydrogen-bond acceptors (Lipinski definition) is 3. The fourth-order valence-corrected chi connectivity index (χ4v) is 1.77. The molecule has 0 bridgehead atoms. The SMILES string of the molecule is COc1cccc([C@H](C)NC(=O)c2cccnc2)c1. The van der Waals surface area contributed by atoms with Gasteiger partial charge in [-0.15, -0.1) is 0 Å². The smallest absolute Gasteiger partial charge is 0.253 e. The molecule has 0 aliphatic rings. The molecule has 0 aliphatic carbocycles. The van der Waals surface area contributed by atoms with E-state index < -0.39 is 0 Å². The normalized spacial score (nSPS) is 11.7. The van der Waals surface area contributed by atoms with Gasteiger partial charge in [0.05, 0.1) is 18.7 Å². The zero-order valence-electron chi connectivity index (χ0n) is 11.0. The Balaban J connectivity index is 2.08. The van der Waals surface area contributed by atoms with Crippen molar-refractivity contribution in [2.75, 3.05) is 7.11 Å². The standard InChI is InChI=1S/C15H16N2O2/c1-11(12-5-3-7-14(9-12)19-2)17-15(18)13-6-4-8-16-10-13/h3-11H,1-2H3,(H,17,18)/t11-/m0/s1. The predicted molar refractivity (Wildman–Crippen MR) is 73.1 cm³/mol. The quantitative estimate of drug-likeness (QED) is 0.914. The maximum absolute atomic E-state index is 12.0. The summed E-state index contributed by atoms with van der Waals surface area (Å²) in [5.74, 6) is 0.642. The van der Waals surface area contributed by atoms with Crippen molar-refractivity contribution in [1.29, 1.82) is 0 Å². The molecule has 19 heavy (non-hydrogen) atoms. The largest absolute Gasteiger partial charge is 0.497 e. The summed E-state index contributed by atoms with van der Waals surface area (Å²) in [5, 5.41) is 2.93. The number of nitrogens with zero attached hydrogens (tertiary/aromatic N) is 1. The maximum Gasteiger partial charge on any atom is 0.253 e. The molecule has 1 amide bonds. The summed E-state index contributed by atoms with van der Waals surface area (Å²) in [6, 6.07) is 11.0.